The second-order valence-electron chi connectivity index (χ2n) is 5.91. The molecule has 1 atom stereocenters. The van der Waals surface area contributed by atoms with Crippen molar-refractivity contribution in [2.24, 2.45) is 0 Å². The lowest BCUT2D eigenvalue weighted by Gasteiger charge is -2.25. The molecule has 1 aliphatic heterocycles. The number of hydrogen-bond acceptors (Lipinski definition) is 6. The molecule has 1 saturated heterocycles. The molecule has 1 heterocycles. The summed E-state index contributed by atoms with van der Waals surface area (Å²) in [6.45, 7) is 8.41. The van der Waals surface area contributed by atoms with Crippen LogP contribution in [-0.4, -0.2) is 86.3 Å². The average molecular weight is 352 g/mol. The molecule has 0 radical (unpaired) electrons. The summed E-state index contributed by atoms with van der Waals surface area (Å²) in [6, 6.07) is 0. The van der Waals surface area contributed by atoms with Gasteiger partial charge in [0.15, 0.2) is 8.46 Å². The third-order valence-electron chi connectivity index (χ3n) is 3.59. The molecule has 7 nitrogen and oxygen atoms in total. The molecular weight excluding hydrogens is 322 g/mol. The summed E-state index contributed by atoms with van der Waals surface area (Å²) in [4.78, 5) is 13.8. The van der Waals surface area contributed by atoms with Crippen LogP contribution in [-0.2, 0) is 9.13 Å². The van der Waals surface area contributed by atoms with Crippen LogP contribution in [0.5, 0.6) is 0 Å². The molecule has 0 spiro atoms. The second-order valence-corrected chi connectivity index (χ2v) is 8.83. The van der Waals surface area contributed by atoms with Gasteiger partial charge >= 0.3 is 0 Å². The lowest BCUT2D eigenvalue weighted by molar-refractivity contribution is 0.279. The SMILES string of the molecule is CP(=O)(O)CN1CCCNCCN(CP=O)CCCNCC1. The van der Waals surface area contributed by atoms with Gasteiger partial charge in [-0.2, -0.15) is 0 Å². The average Bonchev–Trinajstić information content (AvgIpc) is 2.43. The zero-order chi connectivity index (χ0) is 16.3. The second kappa shape index (κ2) is 11.6. The van der Waals surface area contributed by atoms with Gasteiger partial charge in [-0.25, -0.2) is 0 Å². The van der Waals surface area contributed by atoms with E-state index in [-0.39, 0.29) is 14.7 Å². The van der Waals surface area contributed by atoms with Crippen molar-refractivity contribution < 1.29 is 14.0 Å². The van der Waals surface area contributed by atoms with Crippen LogP contribution >= 0.6 is 15.8 Å². The molecule has 9 heteroatoms. The Morgan fingerprint density at radius 1 is 1.00 bits per heavy atom. The molecule has 0 aromatic rings. The van der Waals surface area contributed by atoms with Gasteiger partial charge in [0.1, 0.15) is 0 Å². The molecule has 0 saturated carbocycles. The summed E-state index contributed by atoms with van der Waals surface area (Å²) in [5.74, 6) is 0. The van der Waals surface area contributed by atoms with E-state index in [1.54, 1.807) is 0 Å². The molecule has 3 N–H and O–H groups in total. The minimum absolute atomic E-state index is 0.182. The van der Waals surface area contributed by atoms with E-state index in [2.05, 4.69) is 20.4 Å². The first-order chi connectivity index (χ1) is 10.5. The highest BCUT2D eigenvalue weighted by molar-refractivity contribution is 7.57. The highest BCUT2D eigenvalue weighted by Gasteiger charge is 2.16. The Bertz CT molecular complexity index is 338. The van der Waals surface area contributed by atoms with Crippen molar-refractivity contribution in [3.8, 4) is 0 Å². The number of hydrogen-bond donors (Lipinski definition) is 3. The predicted molar refractivity (Wildman–Crippen MR) is 91.2 cm³/mol. The standard InChI is InChI=1S/C13H30N4O3P2/c1-22(19,20)13-17-9-3-5-14-6-10-16(12-21-18)8-2-4-15-7-11-17/h14-15H,2-13H2,1H3,(H,19,20). The van der Waals surface area contributed by atoms with Crippen molar-refractivity contribution in [2.45, 2.75) is 12.8 Å². The molecule has 0 amide bonds. The number of nitrogens with one attached hydrogen (secondary N) is 2. The first-order valence-corrected chi connectivity index (χ1v) is 11.2. The van der Waals surface area contributed by atoms with E-state index >= 15 is 0 Å². The molecule has 0 aromatic heterocycles. The van der Waals surface area contributed by atoms with Crippen LogP contribution in [0.25, 0.3) is 0 Å². The Labute approximate surface area is 135 Å². The molecule has 0 bridgehead atoms. The van der Waals surface area contributed by atoms with Gasteiger partial charge in [-0.05, 0) is 32.5 Å². The van der Waals surface area contributed by atoms with Crippen molar-refractivity contribution in [1.82, 2.24) is 20.4 Å². The van der Waals surface area contributed by atoms with Gasteiger partial charge in [0.25, 0.3) is 0 Å². The molecular formula is C13H30N4O3P2. The summed E-state index contributed by atoms with van der Waals surface area (Å²) in [7, 11) is -2.82. The minimum atomic E-state index is -3.00. The summed E-state index contributed by atoms with van der Waals surface area (Å²) in [5, 5.41) is 6.77. The Morgan fingerprint density at radius 2 is 1.55 bits per heavy atom. The summed E-state index contributed by atoms with van der Waals surface area (Å²) < 4.78 is 22.4. The fraction of sp³-hybridized carbons (Fsp3) is 1.00. The van der Waals surface area contributed by atoms with Gasteiger partial charge in [-0.3, -0.25) is 18.9 Å². The zero-order valence-electron chi connectivity index (χ0n) is 13.5. The summed E-state index contributed by atoms with van der Waals surface area (Å²) >= 11 is 0. The smallest absolute Gasteiger partial charge is 0.211 e. The monoisotopic (exact) mass is 352 g/mol. The van der Waals surface area contributed by atoms with E-state index in [9.17, 15) is 14.0 Å². The molecule has 0 aromatic carbocycles. The van der Waals surface area contributed by atoms with Crippen molar-refractivity contribution >= 4 is 15.8 Å². The Hall–Kier alpha value is 0.130. The van der Waals surface area contributed by atoms with E-state index < -0.39 is 7.37 Å². The molecule has 22 heavy (non-hydrogen) atoms. The van der Waals surface area contributed by atoms with Crippen LogP contribution in [0.4, 0.5) is 0 Å². The van der Waals surface area contributed by atoms with Crippen LogP contribution in [0, 0.1) is 0 Å². The fourth-order valence-corrected chi connectivity index (χ4v) is 4.01. The van der Waals surface area contributed by atoms with Crippen LogP contribution < -0.4 is 10.6 Å². The van der Waals surface area contributed by atoms with E-state index in [1.807, 2.05) is 0 Å². The normalized spacial score (nSPS) is 24.6. The quantitative estimate of drug-likeness (QED) is 0.641. The zero-order valence-corrected chi connectivity index (χ0v) is 15.3. The molecule has 1 rings (SSSR count). The highest BCUT2D eigenvalue weighted by atomic mass is 31.2. The van der Waals surface area contributed by atoms with Gasteiger partial charge in [0, 0.05) is 39.4 Å². The molecule has 1 unspecified atom stereocenters. The van der Waals surface area contributed by atoms with Crippen molar-refractivity contribution in [1.29, 1.82) is 0 Å². The number of nitrogens with zero attached hydrogens (tertiary/aromatic N) is 2. The van der Waals surface area contributed by atoms with E-state index in [0.29, 0.717) is 6.29 Å². The van der Waals surface area contributed by atoms with Crippen molar-refractivity contribution in [2.75, 3.05) is 71.6 Å². The minimum Gasteiger partial charge on any atom is -0.344 e. The van der Waals surface area contributed by atoms with Crippen LogP contribution in [0.15, 0.2) is 0 Å². The van der Waals surface area contributed by atoms with Gasteiger partial charge in [0.05, 0.1) is 12.6 Å². The molecule has 130 valence electrons. The maximum absolute atomic E-state index is 11.6. The van der Waals surface area contributed by atoms with E-state index in [4.69, 9.17) is 0 Å². The summed E-state index contributed by atoms with van der Waals surface area (Å²) in [5.41, 5.74) is 0. The molecule has 0 aliphatic carbocycles. The van der Waals surface area contributed by atoms with Crippen molar-refractivity contribution in [3.05, 3.63) is 0 Å². The first-order valence-electron chi connectivity index (χ1n) is 7.96. The van der Waals surface area contributed by atoms with E-state index in [1.165, 1.54) is 6.66 Å². The van der Waals surface area contributed by atoms with Gasteiger partial charge in [0.2, 0.25) is 7.37 Å². The topological polar surface area (TPSA) is 84.9 Å². The lowest BCUT2D eigenvalue weighted by atomic mass is 10.3. The largest absolute Gasteiger partial charge is 0.344 e. The fourth-order valence-electron chi connectivity index (χ4n) is 2.54. The van der Waals surface area contributed by atoms with Gasteiger partial charge in [-0.1, -0.05) is 0 Å². The molecule has 1 fully saturated rings. The van der Waals surface area contributed by atoms with Gasteiger partial charge < -0.3 is 15.5 Å². The Morgan fingerprint density at radius 3 is 2.09 bits per heavy atom. The number of rotatable bonds is 4. The Kier molecular flexibility index (Phi) is 10.7. The van der Waals surface area contributed by atoms with Crippen LogP contribution in [0.2, 0.25) is 0 Å². The van der Waals surface area contributed by atoms with Crippen LogP contribution in [0.1, 0.15) is 12.8 Å². The maximum Gasteiger partial charge on any atom is 0.211 e. The van der Waals surface area contributed by atoms with Gasteiger partial charge in [-0.15, -0.1) is 0 Å². The maximum atomic E-state index is 11.6. The summed E-state index contributed by atoms with van der Waals surface area (Å²) in [6.07, 6.45) is 2.84. The lowest BCUT2D eigenvalue weighted by Crippen LogP contribution is -2.38. The third-order valence-corrected chi connectivity index (χ3v) is 5.03. The third kappa shape index (κ3) is 10.8. The predicted octanol–water partition coefficient (Wildman–Crippen LogP) is 0.670. The first kappa shape index (κ1) is 20.2. The Balaban J connectivity index is 2.40. The van der Waals surface area contributed by atoms with Crippen LogP contribution in [0.3, 0.4) is 0 Å². The van der Waals surface area contributed by atoms with E-state index in [0.717, 1.165) is 65.2 Å². The molecule has 1 aliphatic rings. The highest BCUT2D eigenvalue weighted by Crippen LogP contribution is 2.35. The van der Waals surface area contributed by atoms with Crippen molar-refractivity contribution in [3.63, 3.8) is 0 Å².